The maximum absolute atomic E-state index is 9.59. The van der Waals surface area contributed by atoms with Crippen LogP contribution in [0.4, 0.5) is 0 Å². The molecule has 0 saturated carbocycles. The maximum Gasteiger partial charge on any atom is 0.302 e. The second-order valence-corrected chi connectivity index (χ2v) is 2.18. The van der Waals surface area contributed by atoms with Crippen molar-refractivity contribution in [2.24, 2.45) is 0 Å². The van der Waals surface area contributed by atoms with Gasteiger partial charge in [-0.2, -0.15) is 0 Å². The molecular weight excluding hydrogens is 148 g/mol. The van der Waals surface area contributed by atoms with Gasteiger partial charge in [-0.15, -0.1) is 0 Å². The van der Waals surface area contributed by atoms with Gasteiger partial charge in [-0.05, 0) is 13.8 Å². The van der Waals surface area contributed by atoms with Crippen LogP contribution in [0.15, 0.2) is 0 Å². The molecule has 0 heterocycles. The quantitative estimate of drug-likeness (QED) is 0.532. The molecule has 0 aromatic carbocycles. The normalized spacial score (nSPS) is 14.0. The van der Waals surface area contributed by atoms with Gasteiger partial charge < -0.3 is 14.9 Å². The first-order chi connectivity index (χ1) is 4.91. The van der Waals surface area contributed by atoms with Gasteiger partial charge >= 0.3 is 5.97 Å². The average molecular weight is 164 g/mol. The van der Waals surface area contributed by atoms with Crippen LogP contribution in [0.3, 0.4) is 0 Å². The molecule has 0 rings (SSSR count). The van der Waals surface area contributed by atoms with Crippen LogP contribution < -0.4 is 0 Å². The van der Waals surface area contributed by atoms with Crippen LogP contribution in [0.1, 0.15) is 20.8 Å². The van der Waals surface area contributed by atoms with Crippen LogP contribution in [0, 0.1) is 0 Å². The molecule has 0 radical (unpaired) electrons. The highest BCUT2D eigenvalue weighted by Gasteiger charge is 1.99. The van der Waals surface area contributed by atoms with Crippen molar-refractivity contribution < 1.29 is 19.7 Å². The Hall–Kier alpha value is -0.610. The number of carbonyl (C=O) groups excluding carboxylic acids is 1. The Morgan fingerprint density at radius 1 is 1.27 bits per heavy atom. The van der Waals surface area contributed by atoms with Crippen LogP contribution in [0.5, 0.6) is 0 Å². The molecule has 0 aromatic heterocycles. The van der Waals surface area contributed by atoms with Gasteiger partial charge in [-0.1, -0.05) is 0 Å². The molecule has 0 bridgehead atoms. The molecule has 11 heavy (non-hydrogen) atoms. The number of rotatable bonds is 1. The van der Waals surface area contributed by atoms with E-state index in [-0.39, 0.29) is 5.97 Å². The van der Waals surface area contributed by atoms with Gasteiger partial charge in [0.05, 0.1) is 19.3 Å². The van der Waals surface area contributed by atoms with E-state index in [4.69, 9.17) is 10.2 Å². The first-order valence-corrected chi connectivity index (χ1v) is 3.32. The molecule has 0 spiro atoms. The highest BCUT2D eigenvalue weighted by Crippen LogP contribution is 1.85. The summed E-state index contributed by atoms with van der Waals surface area (Å²) < 4.78 is 4.11. The Kier molecular flexibility index (Phi) is 8.87. The predicted octanol–water partition coefficient (Wildman–Crippen LogP) is -0.0727. The monoisotopic (exact) mass is 164 g/mol. The number of carbonyl (C=O) groups is 1. The molecule has 4 heteroatoms. The molecule has 0 aromatic rings. The predicted molar refractivity (Wildman–Crippen MR) is 41.1 cm³/mol. The summed E-state index contributed by atoms with van der Waals surface area (Å²) in [5.41, 5.74) is 0. The lowest BCUT2D eigenvalue weighted by Crippen LogP contribution is -2.17. The lowest BCUT2D eigenvalue weighted by molar-refractivity contribution is -0.137. The van der Waals surface area contributed by atoms with Crippen LogP contribution in [-0.2, 0) is 9.53 Å². The maximum atomic E-state index is 9.59. The minimum atomic E-state index is -0.593. The van der Waals surface area contributed by atoms with Crippen molar-refractivity contribution in [3.05, 3.63) is 0 Å². The third-order valence-corrected chi connectivity index (χ3v) is 0.986. The Morgan fingerprint density at radius 2 is 1.45 bits per heavy atom. The SMILES string of the molecule is CC(O)C(C)O.COC(C)=O. The molecule has 0 saturated heterocycles. The number of ether oxygens (including phenoxy) is 1. The van der Waals surface area contributed by atoms with E-state index in [1.807, 2.05) is 0 Å². The Bertz CT molecular complexity index is 92.6. The van der Waals surface area contributed by atoms with Crippen molar-refractivity contribution in [3.63, 3.8) is 0 Å². The minimum absolute atomic E-state index is 0.245. The molecule has 0 amide bonds. The van der Waals surface area contributed by atoms with E-state index in [9.17, 15) is 4.79 Å². The average Bonchev–Trinajstić information content (AvgIpc) is 1.89. The van der Waals surface area contributed by atoms with Gasteiger partial charge in [0.2, 0.25) is 0 Å². The van der Waals surface area contributed by atoms with E-state index in [1.54, 1.807) is 13.8 Å². The third kappa shape index (κ3) is 17.7. The minimum Gasteiger partial charge on any atom is -0.469 e. The highest BCUT2D eigenvalue weighted by atomic mass is 16.5. The fourth-order valence-electron chi connectivity index (χ4n) is 0. The molecule has 68 valence electrons. The van der Waals surface area contributed by atoms with E-state index in [0.29, 0.717) is 0 Å². The first kappa shape index (κ1) is 13.0. The summed E-state index contributed by atoms with van der Waals surface area (Å²) in [5, 5.41) is 16.8. The van der Waals surface area contributed by atoms with E-state index in [2.05, 4.69) is 4.74 Å². The van der Waals surface area contributed by atoms with Crippen LogP contribution in [0.2, 0.25) is 0 Å². The molecule has 0 aliphatic carbocycles. The zero-order valence-corrected chi connectivity index (χ0v) is 7.37. The smallest absolute Gasteiger partial charge is 0.302 e. The van der Waals surface area contributed by atoms with E-state index >= 15 is 0 Å². The van der Waals surface area contributed by atoms with Gasteiger partial charge in [0.1, 0.15) is 0 Å². The van der Waals surface area contributed by atoms with Crippen molar-refractivity contribution in [2.45, 2.75) is 33.0 Å². The van der Waals surface area contributed by atoms with Crippen molar-refractivity contribution >= 4 is 5.97 Å². The molecule has 0 fully saturated rings. The molecule has 0 aliphatic rings. The number of esters is 1. The van der Waals surface area contributed by atoms with E-state index in [0.717, 1.165) is 0 Å². The summed E-state index contributed by atoms with van der Waals surface area (Å²) in [4.78, 5) is 9.59. The topological polar surface area (TPSA) is 66.8 Å². The summed E-state index contributed by atoms with van der Waals surface area (Å²) in [5.74, 6) is -0.245. The Labute approximate surface area is 66.8 Å². The van der Waals surface area contributed by atoms with Crippen molar-refractivity contribution in [1.29, 1.82) is 0 Å². The van der Waals surface area contributed by atoms with Gasteiger partial charge in [0.25, 0.3) is 0 Å². The molecule has 4 nitrogen and oxygen atoms in total. The second-order valence-electron chi connectivity index (χ2n) is 2.18. The summed E-state index contributed by atoms with van der Waals surface area (Å²) >= 11 is 0. The van der Waals surface area contributed by atoms with Gasteiger partial charge in [0.15, 0.2) is 0 Å². The van der Waals surface area contributed by atoms with Gasteiger partial charge in [0, 0.05) is 6.92 Å². The van der Waals surface area contributed by atoms with Crippen molar-refractivity contribution in [1.82, 2.24) is 0 Å². The molecule has 2 N–H and O–H groups in total. The second kappa shape index (κ2) is 7.50. The lowest BCUT2D eigenvalue weighted by Gasteiger charge is -2.03. The highest BCUT2D eigenvalue weighted by molar-refractivity contribution is 5.65. The van der Waals surface area contributed by atoms with Gasteiger partial charge in [-0.25, -0.2) is 0 Å². The summed E-state index contributed by atoms with van der Waals surface area (Å²) in [6.45, 7) is 4.45. The van der Waals surface area contributed by atoms with Gasteiger partial charge in [-0.3, -0.25) is 4.79 Å². The van der Waals surface area contributed by atoms with E-state index < -0.39 is 12.2 Å². The first-order valence-electron chi connectivity index (χ1n) is 3.32. The van der Waals surface area contributed by atoms with Crippen molar-refractivity contribution in [2.75, 3.05) is 7.11 Å². The zero-order valence-electron chi connectivity index (χ0n) is 7.37. The molecular formula is C7H16O4. The summed E-state index contributed by atoms with van der Waals surface area (Å²) in [6, 6.07) is 0. The number of hydrogen-bond acceptors (Lipinski definition) is 4. The zero-order chi connectivity index (χ0) is 9.44. The van der Waals surface area contributed by atoms with Crippen LogP contribution in [-0.4, -0.2) is 35.5 Å². The Balaban J connectivity index is 0. The van der Waals surface area contributed by atoms with Crippen LogP contribution >= 0.6 is 0 Å². The summed E-state index contributed by atoms with van der Waals surface area (Å²) in [7, 11) is 1.35. The lowest BCUT2D eigenvalue weighted by atomic mass is 10.3. The fraction of sp³-hybridized carbons (Fsp3) is 0.857. The number of hydrogen-bond donors (Lipinski definition) is 2. The van der Waals surface area contributed by atoms with Crippen molar-refractivity contribution in [3.8, 4) is 0 Å². The molecule has 2 atom stereocenters. The van der Waals surface area contributed by atoms with E-state index in [1.165, 1.54) is 14.0 Å². The molecule has 2 unspecified atom stereocenters. The number of methoxy groups -OCH3 is 1. The largest absolute Gasteiger partial charge is 0.469 e. The number of aliphatic hydroxyl groups excluding tert-OH is 2. The number of aliphatic hydroxyl groups is 2. The third-order valence-electron chi connectivity index (χ3n) is 0.986. The standard InChI is InChI=1S/C4H10O2.C3H6O2/c1-3(5)4(2)6;1-3(4)5-2/h3-6H,1-2H3;1-2H3. The van der Waals surface area contributed by atoms with Crippen LogP contribution in [0.25, 0.3) is 0 Å². The summed E-state index contributed by atoms with van der Waals surface area (Å²) in [6.07, 6.45) is -1.19. The fourth-order valence-corrected chi connectivity index (χ4v) is 0. The Morgan fingerprint density at radius 3 is 1.45 bits per heavy atom. The molecule has 0 aliphatic heterocycles.